The van der Waals surface area contributed by atoms with Crippen molar-refractivity contribution in [1.29, 1.82) is 0 Å². The summed E-state index contributed by atoms with van der Waals surface area (Å²) in [4.78, 5) is 22.3. The average Bonchev–Trinajstić information content (AvgIpc) is 3.58. The second kappa shape index (κ2) is 10.3. The molecule has 4 aromatic rings. The Morgan fingerprint density at radius 3 is 2.78 bits per heavy atom. The minimum atomic E-state index is -4.42. The average molecular weight is 517 g/mol. The largest absolute Gasteiger partial charge is 0.418 e. The lowest BCUT2D eigenvalue weighted by atomic mass is 10.1. The first-order chi connectivity index (χ1) is 17.7. The normalized spacial score (nSPS) is 18.7. The number of ether oxygens (including phenoxy) is 1. The van der Waals surface area contributed by atoms with Gasteiger partial charge in [0, 0.05) is 19.0 Å². The molecule has 1 saturated heterocycles. The molecule has 0 radical (unpaired) electrons. The number of rotatable bonds is 9. The summed E-state index contributed by atoms with van der Waals surface area (Å²) in [6, 6.07) is 4.44. The molecule has 4 heterocycles. The van der Waals surface area contributed by atoms with Crippen molar-refractivity contribution < 1.29 is 17.9 Å². The first kappa shape index (κ1) is 25.4. The number of unbranched alkanes of at least 4 members (excludes halogenated alkanes) is 1. The van der Waals surface area contributed by atoms with Gasteiger partial charge in [-0.3, -0.25) is 9.47 Å². The zero-order valence-electron chi connectivity index (χ0n) is 20.9. The molecule has 0 bridgehead atoms. The van der Waals surface area contributed by atoms with E-state index in [1.165, 1.54) is 12.4 Å². The molecule has 198 valence electrons. The van der Waals surface area contributed by atoms with Crippen LogP contribution in [0.2, 0.25) is 0 Å². The topological polar surface area (TPSA) is 111 Å². The van der Waals surface area contributed by atoms with Gasteiger partial charge in [0.05, 0.1) is 23.5 Å². The van der Waals surface area contributed by atoms with E-state index in [2.05, 4.69) is 43.7 Å². The van der Waals surface area contributed by atoms with Crippen LogP contribution in [0.3, 0.4) is 0 Å². The van der Waals surface area contributed by atoms with Gasteiger partial charge in [0.2, 0.25) is 0 Å². The Kier molecular flexibility index (Phi) is 7.04. The molecule has 3 aromatic heterocycles. The number of fused-ring (bicyclic) bond motifs is 2. The molecule has 2 atom stereocenters. The van der Waals surface area contributed by atoms with Crippen molar-refractivity contribution >= 4 is 28.0 Å². The third-order valence-corrected chi connectivity index (χ3v) is 6.93. The maximum Gasteiger partial charge on any atom is 0.418 e. The number of hydrogen-bond acceptors (Lipinski definition) is 7. The van der Waals surface area contributed by atoms with Crippen molar-refractivity contribution in [2.75, 3.05) is 18.8 Å². The van der Waals surface area contributed by atoms with Crippen LogP contribution in [0.15, 0.2) is 30.9 Å². The minimum Gasteiger partial charge on any atom is -0.382 e. The zero-order chi connectivity index (χ0) is 26.2. The minimum absolute atomic E-state index is 0.0124. The fraction of sp³-hybridized carbons (Fsp3) is 0.520. The Bertz CT molecular complexity index is 1370. The number of benzene rings is 1. The van der Waals surface area contributed by atoms with Crippen LogP contribution in [0.5, 0.6) is 0 Å². The Morgan fingerprint density at radius 1 is 1.16 bits per heavy atom. The van der Waals surface area contributed by atoms with Crippen LogP contribution in [0, 0.1) is 0 Å². The van der Waals surface area contributed by atoms with Gasteiger partial charge < -0.3 is 15.5 Å². The Labute approximate surface area is 212 Å². The highest BCUT2D eigenvalue weighted by Crippen LogP contribution is 2.34. The van der Waals surface area contributed by atoms with Crippen molar-refractivity contribution in [3.05, 3.63) is 42.2 Å². The molecule has 37 heavy (non-hydrogen) atoms. The Balaban J connectivity index is 1.14. The number of nitrogens with one attached hydrogen (secondary N) is 1. The molecule has 1 aliphatic rings. The third-order valence-electron chi connectivity index (χ3n) is 6.93. The van der Waals surface area contributed by atoms with E-state index in [1.807, 2.05) is 4.57 Å². The van der Waals surface area contributed by atoms with Gasteiger partial charge in [-0.25, -0.2) is 19.9 Å². The number of H-pyrrole nitrogens is 1. The van der Waals surface area contributed by atoms with Crippen LogP contribution in [0.1, 0.15) is 57.1 Å². The number of alkyl halides is 3. The predicted octanol–water partition coefficient (Wildman–Crippen LogP) is 4.71. The first-order valence-electron chi connectivity index (χ1n) is 12.6. The van der Waals surface area contributed by atoms with E-state index in [0.717, 1.165) is 44.8 Å². The maximum absolute atomic E-state index is 13.3. The second-order valence-electron chi connectivity index (χ2n) is 9.80. The van der Waals surface area contributed by atoms with Crippen molar-refractivity contribution in [2.24, 2.45) is 0 Å². The molecular formula is C25H31F3N8O. The summed E-state index contributed by atoms with van der Waals surface area (Å²) in [7, 11) is 0. The van der Waals surface area contributed by atoms with E-state index in [-0.39, 0.29) is 17.8 Å². The molecular weight excluding hydrogens is 485 g/mol. The summed E-state index contributed by atoms with van der Waals surface area (Å²) in [6.07, 6.45) is 2.76. The molecule has 0 aliphatic carbocycles. The quantitative estimate of drug-likeness (QED) is 0.310. The lowest BCUT2D eigenvalue weighted by molar-refractivity contribution is -0.136. The SMILES string of the molecule is CC(C)N(CCCCc1nc2c(C(F)(F)F)cccc2[nH]1)CC1CCC(n2cnc3c(N)ncnc32)O1. The lowest BCUT2D eigenvalue weighted by Crippen LogP contribution is -2.38. The highest BCUT2D eigenvalue weighted by Gasteiger charge is 2.34. The zero-order valence-corrected chi connectivity index (χ0v) is 20.9. The second-order valence-corrected chi connectivity index (χ2v) is 9.80. The van der Waals surface area contributed by atoms with E-state index in [9.17, 15) is 13.2 Å². The number of aryl methyl sites for hydroxylation is 1. The molecule has 5 rings (SSSR count). The van der Waals surface area contributed by atoms with Crippen LogP contribution in [0.25, 0.3) is 22.2 Å². The summed E-state index contributed by atoms with van der Waals surface area (Å²) < 4.78 is 48.1. The number of aromatic nitrogens is 6. The van der Waals surface area contributed by atoms with E-state index >= 15 is 0 Å². The molecule has 0 amide bonds. The number of para-hydroxylation sites is 1. The molecule has 1 aromatic carbocycles. The molecule has 0 spiro atoms. The van der Waals surface area contributed by atoms with Gasteiger partial charge in [0.25, 0.3) is 0 Å². The van der Waals surface area contributed by atoms with E-state index in [4.69, 9.17) is 10.5 Å². The van der Waals surface area contributed by atoms with Crippen LogP contribution in [0.4, 0.5) is 19.0 Å². The van der Waals surface area contributed by atoms with Gasteiger partial charge in [-0.2, -0.15) is 13.2 Å². The Morgan fingerprint density at radius 2 is 2.00 bits per heavy atom. The molecule has 9 nitrogen and oxygen atoms in total. The van der Waals surface area contributed by atoms with Gasteiger partial charge in [-0.05, 0) is 58.2 Å². The van der Waals surface area contributed by atoms with Crippen LogP contribution in [-0.2, 0) is 17.3 Å². The lowest BCUT2D eigenvalue weighted by Gasteiger charge is -2.29. The highest BCUT2D eigenvalue weighted by molar-refractivity contribution is 5.81. The van der Waals surface area contributed by atoms with Crippen molar-refractivity contribution in [1.82, 2.24) is 34.4 Å². The van der Waals surface area contributed by atoms with Crippen molar-refractivity contribution in [3.63, 3.8) is 0 Å². The first-order valence-corrected chi connectivity index (χ1v) is 12.6. The summed E-state index contributed by atoms with van der Waals surface area (Å²) in [5.74, 6) is 0.939. The molecule has 12 heteroatoms. The molecule has 2 unspecified atom stereocenters. The van der Waals surface area contributed by atoms with Gasteiger partial charge in [0.1, 0.15) is 29.4 Å². The molecule has 1 aliphatic heterocycles. The maximum atomic E-state index is 13.3. The third kappa shape index (κ3) is 5.40. The van der Waals surface area contributed by atoms with Gasteiger partial charge in [-0.15, -0.1) is 0 Å². The number of hydrogen-bond donors (Lipinski definition) is 2. The van der Waals surface area contributed by atoms with Gasteiger partial charge >= 0.3 is 6.18 Å². The molecule has 1 fully saturated rings. The Hall–Kier alpha value is -3.25. The number of halogens is 3. The van der Waals surface area contributed by atoms with Crippen molar-refractivity contribution in [2.45, 2.75) is 70.5 Å². The number of nitrogens with two attached hydrogens (primary N) is 1. The number of anilines is 1. The summed E-state index contributed by atoms with van der Waals surface area (Å²) >= 11 is 0. The summed E-state index contributed by atoms with van der Waals surface area (Å²) in [5.41, 5.74) is 6.87. The van der Waals surface area contributed by atoms with E-state index in [1.54, 1.807) is 12.4 Å². The highest BCUT2D eigenvalue weighted by atomic mass is 19.4. The predicted molar refractivity (Wildman–Crippen MR) is 134 cm³/mol. The van der Waals surface area contributed by atoms with Gasteiger partial charge in [0.15, 0.2) is 11.5 Å². The standard InChI is InChI=1S/C25H31F3N8O/c1-15(2)35(11-4-3-8-19-33-18-7-5-6-17(21(18)34-19)25(26,27)28)12-16-9-10-20(37-16)36-14-32-22-23(29)30-13-31-24(22)36/h5-7,13-16,20H,3-4,8-12H2,1-2H3,(H,33,34)(H2,29,30,31). The number of nitrogen functional groups attached to an aromatic ring is 1. The summed E-state index contributed by atoms with van der Waals surface area (Å²) in [6.45, 7) is 5.99. The fourth-order valence-electron chi connectivity index (χ4n) is 4.97. The monoisotopic (exact) mass is 516 g/mol. The number of aromatic amines is 1. The molecule has 3 N–H and O–H groups in total. The number of imidazole rings is 2. The van der Waals surface area contributed by atoms with Crippen LogP contribution < -0.4 is 5.73 Å². The fourth-order valence-corrected chi connectivity index (χ4v) is 4.97. The number of nitrogens with zero attached hydrogens (tertiary/aromatic N) is 6. The van der Waals surface area contributed by atoms with Crippen LogP contribution in [-0.4, -0.2) is 59.6 Å². The van der Waals surface area contributed by atoms with Crippen molar-refractivity contribution in [3.8, 4) is 0 Å². The summed E-state index contributed by atoms with van der Waals surface area (Å²) in [5, 5.41) is 0. The smallest absolute Gasteiger partial charge is 0.382 e. The van der Waals surface area contributed by atoms with E-state index in [0.29, 0.717) is 40.8 Å². The van der Waals surface area contributed by atoms with E-state index < -0.39 is 11.7 Å². The van der Waals surface area contributed by atoms with Crippen LogP contribution >= 0.6 is 0 Å². The van der Waals surface area contributed by atoms with Gasteiger partial charge in [-0.1, -0.05) is 6.07 Å². The molecule has 0 saturated carbocycles.